The van der Waals surface area contributed by atoms with E-state index in [9.17, 15) is 9.59 Å². The number of benzene rings is 1. The molecule has 0 unspecified atom stereocenters. The quantitative estimate of drug-likeness (QED) is 0.875. The zero-order valence-corrected chi connectivity index (χ0v) is 14.8. The molecule has 2 aliphatic heterocycles. The molecule has 1 N–H and O–H groups in total. The zero-order chi connectivity index (χ0) is 17.8. The predicted octanol–water partition coefficient (Wildman–Crippen LogP) is 1.57. The molecule has 0 aromatic heterocycles. The lowest BCUT2D eigenvalue weighted by Crippen LogP contribution is -2.47. The first-order valence-corrected chi connectivity index (χ1v) is 8.70. The van der Waals surface area contributed by atoms with Crippen LogP contribution in [-0.4, -0.2) is 50.7 Å². The number of piperidine rings is 1. The molecule has 7 nitrogen and oxygen atoms in total. The van der Waals surface area contributed by atoms with E-state index in [0.717, 1.165) is 25.9 Å². The van der Waals surface area contributed by atoms with Crippen molar-refractivity contribution in [3.63, 3.8) is 0 Å². The minimum atomic E-state index is -0.346. The molecule has 1 atom stereocenters. The van der Waals surface area contributed by atoms with Gasteiger partial charge in [0, 0.05) is 32.1 Å². The number of amides is 2. The molecule has 136 valence electrons. The van der Waals surface area contributed by atoms with Crippen LogP contribution in [0.15, 0.2) is 18.2 Å². The summed E-state index contributed by atoms with van der Waals surface area (Å²) in [5.41, 5.74) is 3.63. The first-order chi connectivity index (χ1) is 12.1. The van der Waals surface area contributed by atoms with Gasteiger partial charge in [-0.25, -0.2) is 5.01 Å². The zero-order valence-electron chi connectivity index (χ0n) is 14.8. The van der Waals surface area contributed by atoms with Crippen molar-refractivity contribution >= 4 is 17.5 Å². The van der Waals surface area contributed by atoms with Crippen molar-refractivity contribution in [2.45, 2.75) is 25.7 Å². The van der Waals surface area contributed by atoms with Gasteiger partial charge in [0.2, 0.25) is 11.8 Å². The van der Waals surface area contributed by atoms with Crippen LogP contribution < -0.4 is 19.8 Å². The topological polar surface area (TPSA) is 71.1 Å². The second-order valence-electron chi connectivity index (χ2n) is 6.47. The van der Waals surface area contributed by atoms with E-state index in [2.05, 4.69) is 5.43 Å². The van der Waals surface area contributed by atoms with Gasteiger partial charge in [-0.1, -0.05) is 6.42 Å². The van der Waals surface area contributed by atoms with Gasteiger partial charge in [-0.15, -0.1) is 0 Å². The summed E-state index contributed by atoms with van der Waals surface area (Å²) in [5.74, 6) is 0.727. The fourth-order valence-corrected chi connectivity index (χ4v) is 3.38. The van der Waals surface area contributed by atoms with Crippen molar-refractivity contribution in [1.29, 1.82) is 0 Å². The Kier molecular flexibility index (Phi) is 5.43. The molecule has 25 heavy (non-hydrogen) atoms. The van der Waals surface area contributed by atoms with Crippen molar-refractivity contribution in [1.82, 2.24) is 10.4 Å². The maximum atomic E-state index is 12.5. The van der Waals surface area contributed by atoms with Crippen molar-refractivity contribution in [3.05, 3.63) is 18.2 Å². The summed E-state index contributed by atoms with van der Waals surface area (Å²) in [6.07, 6.45) is 3.62. The smallest absolute Gasteiger partial charge is 0.239 e. The number of hydrazine groups is 1. The molecule has 0 radical (unpaired) electrons. The molecule has 2 aliphatic rings. The minimum absolute atomic E-state index is 0.0674. The summed E-state index contributed by atoms with van der Waals surface area (Å²) in [5, 5.41) is 1.97. The lowest BCUT2D eigenvalue weighted by Gasteiger charge is -2.28. The number of hydrogen-bond donors (Lipinski definition) is 1. The van der Waals surface area contributed by atoms with Crippen molar-refractivity contribution in [2.75, 3.05) is 38.8 Å². The molecule has 3 rings (SSSR count). The fourth-order valence-electron chi connectivity index (χ4n) is 3.38. The average Bonchev–Trinajstić information content (AvgIpc) is 3.03. The number of carbonyl (C=O) groups excluding carboxylic acids is 2. The van der Waals surface area contributed by atoms with Crippen LogP contribution in [0.2, 0.25) is 0 Å². The third kappa shape index (κ3) is 3.87. The molecule has 0 aliphatic carbocycles. The monoisotopic (exact) mass is 347 g/mol. The Morgan fingerprint density at radius 3 is 2.60 bits per heavy atom. The van der Waals surface area contributed by atoms with E-state index in [1.807, 2.05) is 5.01 Å². The molecule has 0 spiro atoms. The molecule has 2 amide bonds. The van der Waals surface area contributed by atoms with Gasteiger partial charge in [0.05, 0.1) is 25.8 Å². The third-order valence-electron chi connectivity index (χ3n) is 4.80. The van der Waals surface area contributed by atoms with E-state index in [1.165, 1.54) is 6.42 Å². The number of anilines is 1. The van der Waals surface area contributed by atoms with Gasteiger partial charge in [-0.05, 0) is 25.0 Å². The highest BCUT2D eigenvalue weighted by Gasteiger charge is 2.37. The maximum absolute atomic E-state index is 12.5. The summed E-state index contributed by atoms with van der Waals surface area (Å²) in [4.78, 5) is 26.6. The molecule has 2 fully saturated rings. The second kappa shape index (κ2) is 7.74. The normalized spacial score (nSPS) is 21.3. The highest BCUT2D eigenvalue weighted by atomic mass is 16.5. The van der Waals surface area contributed by atoms with Gasteiger partial charge in [0.25, 0.3) is 0 Å². The van der Waals surface area contributed by atoms with Gasteiger partial charge in [0.15, 0.2) is 0 Å². The Hall–Kier alpha value is -2.28. The van der Waals surface area contributed by atoms with E-state index < -0.39 is 0 Å². The Balaban J connectivity index is 1.68. The van der Waals surface area contributed by atoms with E-state index in [4.69, 9.17) is 9.47 Å². The number of hydrogen-bond acceptors (Lipinski definition) is 5. The Labute approximate surface area is 147 Å². The molecular formula is C18H25N3O4. The van der Waals surface area contributed by atoms with Crippen LogP contribution in [0.25, 0.3) is 0 Å². The standard InChI is InChI=1S/C18H25N3O4/c1-24-14-6-7-15(16(11-14)25-2)21-12-13(10-17(21)22)18(23)19-20-8-4-3-5-9-20/h6-7,11,13H,3-5,8-10,12H2,1-2H3,(H,19,23)/t13-/m1/s1. The van der Waals surface area contributed by atoms with Gasteiger partial charge >= 0.3 is 0 Å². The molecule has 2 saturated heterocycles. The van der Waals surface area contributed by atoms with E-state index >= 15 is 0 Å². The summed E-state index contributed by atoms with van der Waals surface area (Å²) in [7, 11) is 3.13. The van der Waals surface area contributed by atoms with Gasteiger partial charge in [-0.2, -0.15) is 0 Å². The molecule has 0 bridgehead atoms. The second-order valence-corrected chi connectivity index (χ2v) is 6.47. The number of methoxy groups -OCH3 is 2. The summed E-state index contributed by atoms with van der Waals surface area (Å²) >= 11 is 0. The first kappa shape index (κ1) is 17.5. The molecule has 7 heteroatoms. The number of nitrogens with zero attached hydrogens (tertiary/aromatic N) is 2. The summed E-state index contributed by atoms with van der Waals surface area (Å²) in [6.45, 7) is 2.12. The number of carbonyl (C=O) groups is 2. The molecular weight excluding hydrogens is 322 g/mol. The third-order valence-corrected chi connectivity index (χ3v) is 4.80. The highest BCUT2D eigenvalue weighted by Crippen LogP contribution is 2.35. The van der Waals surface area contributed by atoms with Crippen LogP contribution in [0.5, 0.6) is 11.5 Å². The molecule has 1 aromatic rings. The maximum Gasteiger partial charge on any atom is 0.239 e. The number of ether oxygens (including phenoxy) is 2. The van der Waals surface area contributed by atoms with Crippen LogP contribution in [0.1, 0.15) is 25.7 Å². The van der Waals surface area contributed by atoms with Gasteiger partial charge in [-0.3, -0.25) is 15.0 Å². The van der Waals surface area contributed by atoms with E-state index in [0.29, 0.717) is 23.7 Å². The van der Waals surface area contributed by atoms with Crippen LogP contribution in [0.4, 0.5) is 5.69 Å². The molecule has 1 aromatic carbocycles. The van der Waals surface area contributed by atoms with Crippen molar-refractivity contribution in [3.8, 4) is 11.5 Å². The Bertz CT molecular complexity index is 643. The summed E-state index contributed by atoms with van der Waals surface area (Å²) < 4.78 is 10.6. The first-order valence-electron chi connectivity index (χ1n) is 8.70. The lowest BCUT2D eigenvalue weighted by molar-refractivity contribution is -0.131. The van der Waals surface area contributed by atoms with Crippen molar-refractivity contribution in [2.24, 2.45) is 5.92 Å². The van der Waals surface area contributed by atoms with E-state index in [1.54, 1.807) is 37.3 Å². The Morgan fingerprint density at radius 2 is 1.92 bits per heavy atom. The lowest BCUT2D eigenvalue weighted by atomic mass is 10.1. The van der Waals surface area contributed by atoms with Crippen molar-refractivity contribution < 1.29 is 19.1 Å². The highest BCUT2D eigenvalue weighted by molar-refractivity contribution is 6.01. The van der Waals surface area contributed by atoms with Gasteiger partial charge < -0.3 is 14.4 Å². The number of rotatable bonds is 5. The van der Waals surface area contributed by atoms with Crippen LogP contribution in [-0.2, 0) is 9.59 Å². The van der Waals surface area contributed by atoms with Crippen LogP contribution >= 0.6 is 0 Å². The molecule has 2 heterocycles. The largest absolute Gasteiger partial charge is 0.497 e. The molecule has 0 saturated carbocycles. The predicted molar refractivity (Wildman–Crippen MR) is 93.6 cm³/mol. The van der Waals surface area contributed by atoms with Crippen LogP contribution in [0, 0.1) is 5.92 Å². The number of nitrogens with one attached hydrogen (secondary N) is 1. The minimum Gasteiger partial charge on any atom is -0.497 e. The average molecular weight is 347 g/mol. The summed E-state index contributed by atoms with van der Waals surface area (Å²) in [6, 6.07) is 5.32. The Morgan fingerprint density at radius 1 is 1.16 bits per heavy atom. The fraction of sp³-hybridized carbons (Fsp3) is 0.556. The SMILES string of the molecule is COc1ccc(N2C[C@H](C(=O)NN3CCCCC3)CC2=O)c(OC)c1. The van der Waals surface area contributed by atoms with E-state index in [-0.39, 0.29) is 24.2 Å². The van der Waals surface area contributed by atoms with Gasteiger partial charge in [0.1, 0.15) is 11.5 Å². The van der Waals surface area contributed by atoms with Crippen LogP contribution in [0.3, 0.4) is 0 Å².